The highest BCUT2D eigenvalue weighted by molar-refractivity contribution is 6.07. The summed E-state index contributed by atoms with van der Waals surface area (Å²) in [4.78, 5) is 72.2. The summed E-state index contributed by atoms with van der Waals surface area (Å²) < 4.78 is 21.4. The average molecular weight is 821 g/mol. The van der Waals surface area contributed by atoms with Crippen LogP contribution in [0.25, 0.3) is 44.2 Å². The smallest absolute Gasteiger partial charge is 0.407 e. The van der Waals surface area contributed by atoms with E-state index in [0.717, 1.165) is 81.2 Å². The minimum absolute atomic E-state index is 0.0415. The SMILES string of the molecule is CC[C@H]1CC[C@@H](c2ncc(-c3ccc4c(c3)COc3cc5c(ccc6[nH]c([C@@H]7CC[C@H](C)N7C(=O)[C@@H](NC(=O)OC)C(C)OC)nc65)cc3-4)[nH]2)N1C(=O)[C@H](C)NC(=O)OC. The van der Waals surface area contributed by atoms with E-state index in [9.17, 15) is 19.2 Å². The standard InChI is InChI=1S/C44H52N8O8/c1-8-28-12-16-34(52(28)41(53)23(3)46-43(55)58-6)39-45-20-33(48-39)26-10-13-29-27(17-26)21-60-36-19-30-25(18-31(29)36)11-14-32-38(30)49-40(47-32)35-15-9-22(2)51(35)42(54)37(24(4)57-5)50-44(56)59-7/h10-11,13-14,17-20,22-24,28,34-35,37H,8-9,12,15-16,21H2,1-7H3,(H,45,48)(H,46,55)(H,47,49)(H,50,56)/t22-,23-,24?,28-,34-,35-,37-/m0/s1. The highest BCUT2D eigenvalue weighted by Crippen LogP contribution is 2.44. The lowest BCUT2D eigenvalue weighted by Gasteiger charge is -2.33. The quantitative estimate of drug-likeness (QED) is 0.118. The second-order valence-electron chi connectivity index (χ2n) is 16.0. The molecule has 0 saturated carbocycles. The fourth-order valence-electron chi connectivity index (χ4n) is 9.18. The number of hydrogen-bond donors (Lipinski definition) is 4. The normalized spacial score (nSPS) is 21.2. The lowest BCUT2D eigenvalue weighted by Crippen LogP contribution is -2.55. The maximum absolute atomic E-state index is 14.0. The molecule has 7 atom stereocenters. The summed E-state index contributed by atoms with van der Waals surface area (Å²) in [7, 11) is 4.04. The van der Waals surface area contributed by atoms with Crippen molar-refractivity contribution in [3.8, 4) is 28.1 Å². The van der Waals surface area contributed by atoms with E-state index in [1.165, 1.54) is 21.3 Å². The number of ether oxygens (including phenoxy) is 4. The molecule has 60 heavy (non-hydrogen) atoms. The molecule has 2 fully saturated rings. The third-order valence-electron chi connectivity index (χ3n) is 12.5. The number of nitrogens with one attached hydrogen (secondary N) is 4. The predicted molar refractivity (Wildman–Crippen MR) is 223 cm³/mol. The molecule has 3 aliphatic rings. The van der Waals surface area contributed by atoms with E-state index in [1.807, 2.05) is 30.2 Å². The Morgan fingerprint density at radius 1 is 0.867 bits per heavy atom. The monoisotopic (exact) mass is 820 g/mol. The van der Waals surface area contributed by atoms with Crippen molar-refractivity contribution < 1.29 is 38.1 Å². The summed E-state index contributed by atoms with van der Waals surface area (Å²) >= 11 is 0. The average Bonchev–Trinajstić information content (AvgIpc) is 4.09. The van der Waals surface area contributed by atoms with Gasteiger partial charge in [-0.05, 0) is 99.2 Å². The Morgan fingerprint density at radius 3 is 2.37 bits per heavy atom. The topological polar surface area (TPSA) is 193 Å². The summed E-state index contributed by atoms with van der Waals surface area (Å²) in [5.41, 5.74) is 6.51. The second kappa shape index (κ2) is 16.5. The van der Waals surface area contributed by atoms with Crippen LogP contribution in [-0.2, 0) is 30.4 Å². The number of carbonyl (C=O) groups is 4. The molecule has 0 spiro atoms. The Bertz CT molecular complexity index is 2460. The number of nitrogens with zero attached hydrogens (tertiary/aromatic N) is 4. The molecule has 0 bridgehead atoms. The molecule has 5 heterocycles. The first kappa shape index (κ1) is 40.6. The van der Waals surface area contributed by atoms with Crippen molar-refractivity contribution in [2.24, 2.45) is 0 Å². The zero-order chi connectivity index (χ0) is 42.4. The van der Waals surface area contributed by atoms with Gasteiger partial charge in [-0.2, -0.15) is 0 Å². The van der Waals surface area contributed by atoms with Crippen LogP contribution in [0, 0.1) is 0 Å². The lowest BCUT2D eigenvalue weighted by atomic mass is 9.92. The molecule has 16 nitrogen and oxygen atoms in total. The summed E-state index contributed by atoms with van der Waals surface area (Å²) in [5.74, 6) is 1.72. The van der Waals surface area contributed by atoms with Crippen molar-refractivity contribution in [2.45, 2.75) is 109 Å². The van der Waals surface area contributed by atoms with Crippen LogP contribution in [0.1, 0.15) is 89.1 Å². The van der Waals surface area contributed by atoms with Gasteiger partial charge in [0, 0.05) is 30.1 Å². The number of likely N-dealkylation sites (tertiary alicyclic amines) is 2. The van der Waals surface area contributed by atoms with E-state index in [1.54, 1.807) is 18.7 Å². The number of aromatic nitrogens is 4. The van der Waals surface area contributed by atoms with Crippen molar-refractivity contribution in [1.29, 1.82) is 0 Å². The first-order chi connectivity index (χ1) is 28.9. The minimum Gasteiger partial charge on any atom is -0.488 e. The Labute approximate surface area is 347 Å². The van der Waals surface area contributed by atoms with Gasteiger partial charge in [-0.15, -0.1) is 0 Å². The number of rotatable bonds is 10. The van der Waals surface area contributed by atoms with E-state index in [-0.39, 0.29) is 36.0 Å². The van der Waals surface area contributed by atoms with Gasteiger partial charge in [0.25, 0.3) is 0 Å². The number of alkyl carbamates (subject to hydrolysis) is 2. The molecule has 4 amide bonds. The Hall–Kier alpha value is -6.16. The third-order valence-corrected chi connectivity index (χ3v) is 12.5. The third kappa shape index (κ3) is 7.26. The zero-order valence-corrected chi connectivity index (χ0v) is 35.0. The molecule has 0 aliphatic carbocycles. The first-order valence-electron chi connectivity index (χ1n) is 20.6. The van der Waals surface area contributed by atoms with Crippen molar-refractivity contribution in [3.05, 3.63) is 65.9 Å². The molecule has 3 aromatic carbocycles. The van der Waals surface area contributed by atoms with Gasteiger partial charge in [-0.1, -0.05) is 25.1 Å². The number of H-pyrrole nitrogens is 2. The van der Waals surface area contributed by atoms with E-state index >= 15 is 0 Å². The van der Waals surface area contributed by atoms with Crippen LogP contribution in [0.5, 0.6) is 5.75 Å². The van der Waals surface area contributed by atoms with Crippen molar-refractivity contribution in [3.63, 3.8) is 0 Å². The van der Waals surface area contributed by atoms with Crippen molar-refractivity contribution in [2.75, 3.05) is 21.3 Å². The molecule has 1 unspecified atom stereocenters. The van der Waals surface area contributed by atoms with E-state index in [0.29, 0.717) is 24.7 Å². The molecular weight excluding hydrogens is 769 g/mol. The highest BCUT2D eigenvalue weighted by atomic mass is 16.5. The van der Waals surface area contributed by atoms with Gasteiger partial charge in [-0.3, -0.25) is 9.59 Å². The molecule has 316 valence electrons. The van der Waals surface area contributed by atoms with E-state index < -0.39 is 30.4 Å². The Balaban J connectivity index is 1.05. The van der Waals surface area contributed by atoms with Gasteiger partial charge in [0.05, 0.1) is 55.3 Å². The maximum atomic E-state index is 14.0. The molecule has 0 radical (unpaired) electrons. The number of methoxy groups -OCH3 is 3. The summed E-state index contributed by atoms with van der Waals surface area (Å²) in [6, 6.07) is 12.3. The summed E-state index contributed by atoms with van der Waals surface area (Å²) in [6.07, 6.45) is 3.77. The number of hydrogen-bond acceptors (Lipinski definition) is 10. The number of imidazole rings is 2. The number of amides is 4. The largest absolute Gasteiger partial charge is 0.488 e. The fraction of sp³-hybridized carbons (Fsp3) is 0.455. The number of aromatic amines is 2. The molecular formula is C44H52N8O8. The first-order valence-corrected chi connectivity index (χ1v) is 20.6. The highest BCUT2D eigenvalue weighted by Gasteiger charge is 2.43. The van der Waals surface area contributed by atoms with Gasteiger partial charge in [0.2, 0.25) is 11.8 Å². The van der Waals surface area contributed by atoms with Crippen LogP contribution in [0.2, 0.25) is 0 Å². The van der Waals surface area contributed by atoms with Crippen molar-refractivity contribution >= 4 is 45.8 Å². The van der Waals surface area contributed by atoms with E-state index in [2.05, 4.69) is 57.9 Å². The lowest BCUT2D eigenvalue weighted by molar-refractivity contribution is -0.139. The number of carbonyl (C=O) groups excluding carboxylic acids is 4. The van der Waals surface area contributed by atoms with Crippen LogP contribution in [0.15, 0.2) is 48.7 Å². The Kier molecular flexibility index (Phi) is 11.2. The molecule has 3 aliphatic heterocycles. The predicted octanol–water partition coefficient (Wildman–Crippen LogP) is 6.66. The molecule has 4 N–H and O–H groups in total. The maximum Gasteiger partial charge on any atom is 0.407 e. The van der Waals surface area contributed by atoms with E-state index in [4.69, 9.17) is 28.9 Å². The fourth-order valence-corrected chi connectivity index (χ4v) is 9.18. The van der Waals surface area contributed by atoms with Gasteiger partial charge >= 0.3 is 12.2 Å². The molecule has 16 heteroatoms. The molecule has 2 aromatic heterocycles. The zero-order valence-electron chi connectivity index (χ0n) is 35.0. The number of benzene rings is 3. The number of fused-ring (bicyclic) bond motifs is 6. The van der Waals surface area contributed by atoms with Crippen LogP contribution in [-0.4, -0.2) is 105 Å². The van der Waals surface area contributed by atoms with Crippen LogP contribution >= 0.6 is 0 Å². The second-order valence-corrected chi connectivity index (χ2v) is 16.0. The van der Waals surface area contributed by atoms with Gasteiger partial charge < -0.3 is 49.3 Å². The van der Waals surface area contributed by atoms with Crippen LogP contribution < -0.4 is 15.4 Å². The molecule has 5 aromatic rings. The van der Waals surface area contributed by atoms with Gasteiger partial charge in [-0.25, -0.2) is 19.6 Å². The summed E-state index contributed by atoms with van der Waals surface area (Å²) in [5, 5.41) is 7.20. The Morgan fingerprint density at radius 2 is 1.62 bits per heavy atom. The van der Waals surface area contributed by atoms with Crippen molar-refractivity contribution in [1.82, 2.24) is 40.4 Å². The molecule has 2 saturated heterocycles. The minimum atomic E-state index is -0.933. The van der Waals surface area contributed by atoms with Gasteiger partial charge in [0.15, 0.2) is 0 Å². The summed E-state index contributed by atoms with van der Waals surface area (Å²) in [6.45, 7) is 7.85. The van der Waals surface area contributed by atoms with Crippen LogP contribution in [0.4, 0.5) is 9.59 Å². The van der Waals surface area contributed by atoms with Crippen LogP contribution in [0.3, 0.4) is 0 Å². The molecule has 8 rings (SSSR count). The van der Waals surface area contributed by atoms with Gasteiger partial charge in [0.1, 0.15) is 36.1 Å².